The predicted molar refractivity (Wildman–Crippen MR) is 54.9 cm³/mol. The van der Waals surface area contributed by atoms with Gasteiger partial charge in [-0.15, -0.1) is 0 Å². The fourth-order valence-electron chi connectivity index (χ4n) is 0.874. The highest BCUT2D eigenvalue weighted by molar-refractivity contribution is 5.72. The number of unbranched alkanes of at least 4 members (excludes halogenated alkanes) is 1. The Balaban J connectivity index is 2.92. The molecule has 0 spiro atoms. The summed E-state index contributed by atoms with van der Waals surface area (Å²) >= 11 is 0. The number of nitrogens with one attached hydrogen (secondary N) is 1. The van der Waals surface area contributed by atoms with Gasteiger partial charge in [0.1, 0.15) is 0 Å². The van der Waals surface area contributed by atoms with Gasteiger partial charge in [-0.05, 0) is 12.8 Å². The summed E-state index contributed by atoms with van der Waals surface area (Å²) in [5.74, 6) is -0.0204. The number of carbonyl (C=O) groups is 1. The zero-order chi connectivity index (χ0) is 10.6. The molecule has 0 aromatic heterocycles. The molecule has 4 heteroatoms. The quantitative estimate of drug-likeness (QED) is 0.448. The molecule has 82 valence electrons. The molecule has 0 bridgehead atoms. The lowest BCUT2D eigenvalue weighted by molar-refractivity contribution is -0.119. The average molecular weight is 201 g/mol. The van der Waals surface area contributed by atoms with E-state index in [0.29, 0.717) is 26.4 Å². The van der Waals surface area contributed by atoms with Crippen molar-refractivity contribution in [2.75, 3.05) is 26.4 Å². The van der Waals surface area contributed by atoms with E-state index in [1.165, 1.54) is 13.2 Å². The van der Waals surface area contributed by atoms with Crippen molar-refractivity contribution in [1.82, 2.24) is 5.32 Å². The fourth-order valence-corrected chi connectivity index (χ4v) is 0.874. The van der Waals surface area contributed by atoms with E-state index >= 15 is 0 Å². The Morgan fingerprint density at radius 1 is 1.36 bits per heavy atom. The van der Waals surface area contributed by atoms with Crippen LogP contribution in [0, 0.1) is 0 Å². The molecule has 0 aromatic rings. The third-order valence-electron chi connectivity index (χ3n) is 1.54. The third-order valence-corrected chi connectivity index (χ3v) is 1.54. The van der Waals surface area contributed by atoms with Crippen LogP contribution in [-0.4, -0.2) is 32.3 Å². The highest BCUT2D eigenvalue weighted by atomic mass is 16.5. The second kappa shape index (κ2) is 10.1. The lowest BCUT2D eigenvalue weighted by Crippen LogP contribution is -2.24. The Morgan fingerprint density at radius 2 is 2.07 bits per heavy atom. The van der Waals surface area contributed by atoms with E-state index in [1.54, 1.807) is 0 Å². The van der Waals surface area contributed by atoms with Crippen molar-refractivity contribution in [3.8, 4) is 0 Å². The normalized spacial score (nSPS) is 9.50. The monoisotopic (exact) mass is 201 g/mol. The van der Waals surface area contributed by atoms with E-state index < -0.39 is 0 Å². The summed E-state index contributed by atoms with van der Waals surface area (Å²) in [6, 6.07) is 0. The molecule has 0 aliphatic heterocycles. The Hall–Kier alpha value is -1.03. The molecule has 0 atom stereocenters. The number of rotatable bonds is 9. The van der Waals surface area contributed by atoms with Crippen LogP contribution in [-0.2, 0) is 14.3 Å². The highest BCUT2D eigenvalue weighted by Gasteiger charge is 1.91. The highest BCUT2D eigenvalue weighted by Crippen LogP contribution is 1.91. The predicted octanol–water partition coefficient (Wildman–Crippen LogP) is 1.08. The van der Waals surface area contributed by atoms with Crippen LogP contribution in [0.2, 0.25) is 0 Å². The Bertz CT molecular complexity index is 159. The van der Waals surface area contributed by atoms with E-state index in [1.807, 2.05) is 0 Å². The molecule has 0 rings (SSSR count). The lowest BCUT2D eigenvalue weighted by Gasteiger charge is -2.04. The zero-order valence-corrected chi connectivity index (χ0v) is 8.75. The van der Waals surface area contributed by atoms with Crippen LogP contribution >= 0.6 is 0 Å². The smallest absolute Gasteiger partial charge is 0.216 e. The van der Waals surface area contributed by atoms with Gasteiger partial charge in [-0.2, -0.15) is 0 Å². The molecule has 0 heterocycles. The van der Waals surface area contributed by atoms with Gasteiger partial charge in [0.25, 0.3) is 0 Å². The second-order valence-electron chi connectivity index (χ2n) is 2.84. The summed E-state index contributed by atoms with van der Waals surface area (Å²) in [7, 11) is 0. The summed E-state index contributed by atoms with van der Waals surface area (Å²) < 4.78 is 10.2. The number of hydrogen-bond acceptors (Lipinski definition) is 3. The van der Waals surface area contributed by atoms with Crippen LogP contribution in [0.3, 0.4) is 0 Å². The fraction of sp³-hybridized carbons (Fsp3) is 0.700. The summed E-state index contributed by atoms with van der Waals surface area (Å²) in [5.41, 5.74) is 0. The molecule has 0 radical (unpaired) electrons. The number of ether oxygens (including phenoxy) is 2. The summed E-state index contributed by atoms with van der Waals surface area (Å²) in [5, 5.41) is 2.65. The van der Waals surface area contributed by atoms with Crippen molar-refractivity contribution in [2.24, 2.45) is 0 Å². The standard InChI is InChI=1S/C10H19NO3/c1-3-13-7-4-5-8-14-9-6-11-10(2)12/h3H,1,4-9H2,2H3,(H,11,12). The van der Waals surface area contributed by atoms with Crippen molar-refractivity contribution in [3.63, 3.8) is 0 Å². The van der Waals surface area contributed by atoms with Gasteiger partial charge in [-0.1, -0.05) is 6.58 Å². The Kier molecular flexibility index (Phi) is 9.31. The molecule has 1 amide bonds. The van der Waals surface area contributed by atoms with Crippen LogP contribution in [0.4, 0.5) is 0 Å². The largest absolute Gasteiger partial charge is 0.502 e. The van der Waals surface area contributed by atoms with Crippen molar-refractivity contribution in [1.29, 1.82) is 0 Å². The van der Waals surface area contributed by atoms with E-state index in [0.717, 1.165) is 12.8 Å². The van der Waals surface area contributed by atoms with Gasteiger partial charge in [-0.3, -0.25) is 4.79 Å². The van der Waals surface area contributed by atoms with Crippen molar-refractivity contribution >= 4 is 5.91 Å². The van der Waals surface area contributed by atoms with Gasteiger partial charge in [-0.25, -0.2) is 0 Å². The first-order valence-corrected chi connectivity index (χ1v) is 4.82. The topological polar surface area (TPSA) is 47.6 Å². The average Bonchev–Trinajstić information content (AvgIpc) is 2.15. The number of amides is 1. The minimum absolute atomic E-state index is 0.0204. The van der Waals surface area contributed by atoms with Crippen LogP contribution in [0.1, 0.15) is 19.8 Å². The second-order valence-corrected chi connectivity index (χ2v) is 2.84. The van der Waals surface area contributed by atoms with Gasteiger partial charge in [0.15, 0.2) is 0 Å². The van der Waals surface area contributed by atoms with Crippen LogP contribution in [0.15, 0.2) is 12.8 Å². The molecule has 0 aliphatic rings. The summed E-state index contributed by atoms with van der Waals surface area (Å²) in [6.07, 6.45) is 3.37. The number of carbonyl (C=O) groups excluding carboxylic acids is 1. The maximum Gasteiger partial charge on any atom is 0.216 e. The minimum Gasteiger partial charge on any atom is -0.502 e. The molecule has 14 heavy (non-hydrogen) atoms. The molecule has 0 saturated carbocycles. The van der Waals surface area contributed by atoms with Crippen LogP contribution in [0.5, 0.6) is 0 Å². The van der Waals surface area contributed by atoms with Crippen LogP contribution < -0.4 is 5.32 Å². The molecule has 0 aromatic carbocycles. The third kappa shape index (κ3) is 11.0. The first-order valence-electron chi connectivity index (χ1n) is 4.82. The van der Waals surface area contributed by atoms with Gasteiger partial charge in [0.05, 0.1) is 19.5 Å². The Morgan fingerprint density at radius 3 is 2.71 bits per heavy atom. The van der Waals surface area contributed by atoms with Crippen molar-refractivity contribution in [2.45, 2.75) is 19.8 Å². The molecule has 0 aliphatic carbocycles. The van der Waals surface area contributed by atoms with Gasteiger partial charge < -0.3 is 14.8 Å². The molecule has 4 nitrogen and oxygen atoms in total. The SMILES string of the molecule is C=COCCCCOCCNC(C)=O. The van der Waals surface area contributed by atoms with E-state index in [4.69, 9.17) is 9.47 Å². The molecule has 1 N–H and O–H groups in total. The van der Waals surface area contributed by atoms with Crippen molar-refractivity contribution in [3.05, 3.63) is 12.8 Å². The summed E-state index contributed by atoms with van der Waals surface area (Å²) in [6.45, 7) is 7.49. The van der Waals surface area contributed by atoms with E-state index in [9.17, 15) is 4.79 Å². The van der Waals surface area contributed by atoms with Crippen LogP contribution in [0.25, 0.3) is 0 Å². The zero-order valence-electron chi connectivity index (χ0n) is 8.75. The number of hydrogen-bond donors (Lipinski definition) is 1. The van der Waals surface area contributed by atoms with Gasteiger partial charge in [0, 0.05) is 20.1 Å². The van der Waals surface area contributed by atoms with Gasteiger partial charge >= 0.3 is 0 Å². The molecular weight excluding hydrogens is 182 g/mol. The summed E-state index contributed by atoms with van der Waals surface area (Å²) in [4.78, 5) is 10.5. The molecular formula is C10H19NO3. The Labute approximate surface area is 85.3 Å². The first-order chi connectivity index (χ1) is 6.77. The van der Waals surface area contributed by atoms with E-state index in [2.05, 4.69) is 11.9 Å². The lowest BCUT2D eigenvalue weighted by atomic mass is 10.3. The molecule has 0 fully saturated rings. The first kappa shape index (κ1) is 13.0. The minimum atomic E-state index is -0.0204. The van der Waals surface area contributed by atoms with Crippen molar-refractivity contribution < 1.29 is 14.3 Å². The maximum absolute atomic E-state index is 10.5. The van der Waals surface area contributed by atoms with Gasteiger partial charge in [0.2, 0.25) is 5.91 Å². The molecule has 0 unspecified atom stereocenters. The molecule has 0 saturated heterocycles. The van der Waals surface area contributed by atoms with E-state index in [-0.39, 0.29) is 5.91 Å². The maximum atomic E-state index is 10.5.